The molecule has 1 fully saturated rings. The number of nitrogens with one attached hydrogen (secondary N) is 2. The number of aromatic nitrogens is 2. The second-order valence-electron chi connectivity index (χ2n) is 8.46. The number of rotatable bonds is 8. The molecule has 1 aliphatic carbocycles. The van der Waals surface area contributed by atoms with Crippen LogP contribution in [0.25, 0.3) is 0 Å². The number of aliphatic hydroxyl groups excluding tert-OH is 1. The number of anilines is 1. The van der Waals surface area contributed by atoms with Crippen LogP contribution in [0.3, 0.4) is 0 Å². The van der Waals surface area contributed by atoms with Crippen molar-refractivity contribution in [1.82, 2.24) is 15.1 Å². The van der Waals surface area contributed by atoms with Gasteiger partial charge in [0.25, 0.3) is 5.91 Å². The molecule has 0 bridgehead atoms. The van der Waals surface area contributed by atoms with Gasteiger partial charge in [-0.15, -0.1) is 0 Å². The molecule has 2 rings (SSSR count). The summed E-state index contributed by atoms with van der Waals surface area (Å²) in [7, 11) is 3.38. The van der Waals surface area contributed by atoms with Gasteiger partial charge in [0.05, 0.1) is 5.54 Å². The van der Waals surface area contributed by atoms with Crippen LogP contribution in [0.5, 0.6) is 0 Å². The van der Waals surface area contributed by atoms with Crippen molar-refractivity contribution in [3.63, 3.8) is 0 Å². The molecule has 0 aliphatic heterocycles. The molecule has 2 amide bonds. The minimum atomic E-state index is -1.42. The molecule has 1 aromatic rings. The van der Waals surface area contributed by atoms with Crippen LogP contribution in [-0.2, 0) is 21.3 Å². The van der Waals surface area contributed by atoms with Crippen LogP contribution >= 0.6 is 0 Å². The zero-order valence-electron chi connectivity index (χ0n) is 17.3. The molecule has 0 saturated heterocycles. The molecule has 1 heterocycles. The molecule has 158 valence electrons. The zero-order valence-corrected chi connectivity index (χ0v) is 17.3. The van der Waals surface area contributed by atoms with Crippen LogP contribution in [0.15, 0.2) is 12.3 Å². The molecular formula is C19H32N4O5. The Labute approximate surface area is 165 Å². The summed E-state index contributed by atoms with van der Waals surface area (Å²) in [6.07, 6.45) is 2.40. The molecule has 1 atom stereocenters. The van der Waals surface area contributed by atoms with Crippen LogP contribution in [0.2, 0.25) is 0 Å². The van der Waals surface area contributed by atoms with Crippen molar-refractivity contribution in [2.45, 2.75) is 63.7 Å². The van der Waals surface area contributed by atoms with E-state index < -0.39 is 29.2 Å². The van der Waals surface area contributed by atoms with Gasteiger partial charge in [-0.05, 0) is 52.4 Å². The maximum atomic E-state index is 12.6. The number of aliphatic hydroxyl groups is 1. The van der Waals surface area contributed by atoms with Crippen molar-refractivity contribution in [2.75, 3.05) is 19.0 Å². The van der Waals surface area contributed by atoms with E-state index in [-0.39, 0.29) is 0 Å². The quantitative estimate of drug-likeness (QED) is 0.578. The van der Waals surface area contributed by atoms with Crippen LogP contribution in [0.4, 0.5) is 10.6 Å². The highest BCUT2D eigenvalue weighted by Crippen LogP contribution is 2.43. The number of hydrogen-bond donors (Lipinski definition) is 3. The summed E-state index contributed by atoms with van der Waals surface area (Å²) in [5, 5.41) is 20.2. The van der Waals surface area contributed by atoms with Crippen LogP contribution in [0.1, 0.15) is 46.5 Å². The number of carbonyl (C=O) groups is 2. The summed E-state index contributed by atoms with van der Waals surface area (Å²) in [5.74, 6) is 0.0300. The molecule has 1 aromatic heterocycles. The molecule has 0 spiro atoms. The molecule has 0 aromatic carbocycles. The Hall–Kier alpha value is -2.13. The number of ether oxygens (including phenoxy) is 2. The Kier molecular flexibility index (Phi) is 7.06. The minimum Gasteiger partial charge on any atom is -0.444 e. The number of aryl methyl sites for hydroxylation is 1. The third kappa shape index (κ3) is 5.93. The highest BCUT2D eigenvalue weighted by atomic mass is 16.6. The zero-order chi connectivity index (χ0) is 20.9. The Bertz CT molecular complexity index is 676. The number of amides is 2. The van der Waals surface area contributed by atoms with Gasteiger partial charge >= 0.3 is 6.09 Å². The highest BCUT2D eigenvalue weighted by Gasteiger charge is 2.53. The van der Waals surface area contributed by atoms with Gasteiger partial charge in [0.15, 0.2) is 11.9 Å². The molecule has 28 heavy (non-hydrogen) atoms. The monoisotopic (exact) mass is 396 g/mol. The van der Waals surface area contributed by atoms with E-state index in [2.05, 4.69) is 15.7 Å². The van der Waals surface area contributed by atoms with E-state index in [1.165, 1.54) is 0 Å². The molecule has 1 aliphatic rings. The van der Waals surface area contributed by atoms with Gasteiger partial charge in [-0.2, -0.15) is 5.10 Å². The van der Waals surface area contributed by atoms with Crippen molar-refractivity contribution in [3.8, 4) is 0 Å². The van der Waals surface area contributed by atoms with Gasteiger partial charge in [-0.3, -0.25) is 9.48 Å². The first kappa shape index (κ1) is 22.2. The molecule has 0 radical (unpaired) electrons. The first-order chi connectivity index (χ1) is 13.0. The SMILES string of the molecule is COCCCC1CC(NC(=O)OC(C)(C)C)(C(O)C(=O)Nc2ccn(C)n2)C1. The van der Waals surface area contributed by atoms with Crippen LogP contribution in [0, 0.1) is 5.92 Å². The maximum absolute atomic E-state index is 12.6. The van der Waals surface area contributed by atoms with E-state index in [4.69, 9.17) is 9.47 Å². The van der Waals surface area contributed by atoms with Crippen LogP contribution in [-0.4, -0.2) is 57.8 Å². The van der Waals surface area contributed by atoms with Gasteiger partial charge in [0.1, 0.15) is 5.60 Å². The second-order valence-corrected chi connectivity index (χ2v) is 8.46. The lowest BCUT2D eigenvalue weighted by atomic mass is 9.63. The Morgan fingerprint density at radius 2 is 2.11 bits per heavy atom. The van der Waals surface area contributed by atoms with E-state index in [0.717, 1.165) is 12.8 Å². The predicted molar refractivity (Wildman–Crippen MR) is 104 cm³/mol. The lowest BCUT2D eigenvalue weighted by Crippen LogP contribution is -2.67. The van der Waals surface area contributed by atoms with Crippen molar-refractivity contribution in [1.29, 1.82) is 0 Å². The average molecular weight is 396 g/mol. The number of methoxy groups -OCH3 is 1. The van der Waals surface area contributed by atoms with Crippen molar-refractivity contribution in [3.05, 3.63) is 12.3 Å². The molecule has 1 unspecified atom stereocenters. The first-order valence-electron chi connectivity index (χ1n) is 9.53. The van der Waals surface area contributed by atoms with Gasteiger partial charge < -0.3 is 25.2 Å². The van der Waals surface area contributed by atoms with Crippen molar-refractivity contribution < 1.29 is 24.2 Å². The number of nitrogens with zero attached hydrogens (tertiary/aromatic N) is 2. The third-order valence-electron chi connectivity index (χ3n) is 4.75. The summed E-state index contributed by atoms with van der Waals surface area (Å²) < 4.78 is 11.9. The maximum Gasteiger partial charge on any atom is 0.408 e. The largest absolute Gasteiger partial charge is 0.444 e. The Morgan fingerprint density at radius 3 is 2.64 bits per heavy atom. The smallest absolute Gasteiger partial charge is 0.408 e. The van der Waals surface area contributed by atoms with Gasteiger partial charge in [-0.1, -0.05) is 0 Å². The predicted octanol–water partition coefficient (Wildman–Crippen LogP) is 1.82. The van der Waals surface area contributed by atoms with Gasteiger partial charge in [0, 0.05) is 33.0 Å². The van der Waals surface area contributed by atoms with E-state index in [1.807, 2.05) is 0 Å². The fourth-order valence-electron chi connectivity index (χ4n) is 3.52. The van der Waals surface area contributed by atoms with Crippen LogP contribution < -0.4 is 10.6 Å². The van der Waals surface area contributed by atoms with E-state index in [9.17, 15) is 14.7 Å². The minimum absolute atomic E-state index is 0.294. The van der Waals surface area contributed by atoms with Crippen molar-refractivity contribution in [2.24, 2.45) is 13.0 Å². The third-order valence-corrected chi connectivity index (χ3v) is 4.75. The molecule has 9 heteroatoms. The Balaban J connectivity index is 2.05. The van der Waals surface area contributed by atoms with Crippen molar-refractivity contribution >= 4 is 17.8 Å². The standard InChI is InChI=1S/C19H32N4O5/c1-18(2,3)28-17(26)21-19(11-13(12-19)7-6-10-27-5)15(24)16(25)20-14-8-9-23(4)22-14/h8-9,13,15,24H,6-7,10-12H2,1-5H3,(H,21,26)(H,20,22,25). The summed E-state index contributed by atoms with van der Waals surface area (Å²) >= 11 is 0. The fraction of sp³-hybridized carbons (Fsp3) is 0.737. The highest BCUT2D eigenvalue weighted by molar-refractivity contribution is 5.94. The number of alkyl carbamates (subject to hydrolysis) is 1. The van der Waals surface area contributed by atoms with E-state index in [0.29, 0.717) is 31.2 Å². The topological polar surface area (TPSA) is 115 Å². The van der Waals surface area contributed by atoms with E-state index >= 15 is 0 Å². The lowest BCUT2D eigenvalue weighted by Gasteiger charge is -2.50. The molecule has 3 N–H and O–H groups in total. The van der Waals surface area contributed by atoms with Gasteiger partial charge in [-0.25, -0.2) is 4.79 Å². The lowest BCUT2D eigenvalue weighted by molar-refractivity contribution is -0.133. The number of carbonyl (C=O) groups excluding carboxylic acids is 2. The summed E-state index contributed by atoms with van der Waals surface area (Å²) in [5.41, 5.74) is -1.73. The summed E-state index contributed by atoms with van der Waals surface area (Å²) in [4.78, 5) is 24.9. The number of hydrogen-bond acceptors (Lipinski definition) is 6. The molecule has 9 nitrogen and oxygen atoms in total. The molecular weight excluding hydrogens is 364 g/mol. The summed E-state index contributed by atoms with van der Waals surface area (Å²) in [6, 6.07) is 1.63. The second kappa shape index (κ2) is 8.91. The van der Waals surface area contributed by atoms with E-state index in [1.54, 1.807) is 51.9 Å². The normalized spacial score (nSPS) is 22.9. The fourth-order valence-corrected chi connectivity index (χ4v) is 3.52. The average Bonchev–Trinajstić information content (AvgIpc) is 2.94. The summed E-state index contributed by atoms with van der Waals surface area (Å²) in [6.45, 7) is 5.94. The van der Waals surface area contributed by atoms with Gasteiger partial charge in [0.2, 0.25) is 0 Å². The Morgan fingerprint density at radius 1 is 1.43 bits per heavy atom. The first-order valence-corrected chi connectivity index (χ1v) is 9.53. The molecule has 1 saturated carbocycles.